The first kappa shape index (κ1) is 12.4. The summed E-state index contributed by atoms with van der Waals surface area (Å²) in [6, 6.07) is 2.33. The van der Waals surface area contributed by atoms with Gasteiger partial charge in [-0.05, 0) is 47.3 Å². The molecule has 0 radical (unpaired) electrons. The van der Waals surface area contributed by atoms with E-state index in [0.29, 0.717) is 5.92 Å². The molecule has 2 aliphatic rings. The van der Waals surface area contributed by atoms with Gasteiger partial charge in [0.05, 0.1) is 16.6 Å². The lowest BCUT2D eigenvalue weighted by molar-refractivity contribution is -0.104. The SMILES string of the molecule is Cc1ccnc(NC2C(N)C3CCCOC32)c1Br. The van der Waals surface area contributed by atoms with Crippen LogP contribution in [0.15, 0.2) is 16.7 Å². The van der Waals surface area contributed by atoms with Crippen LogP contribution in [0.2, 0.25) is 0 Å². The average molecular weight is 312 g/mol. The third-order valence-electron chi connectivity index (χ3n) is 4.06. The summed E-state index contributed by atoms with van der Waals surface area (Å²) in [6.45, 7) is 2.91. The smallest absolute Gasteiger partial charge is 0.140 e. The number of pyridine rings is 1. The highest BCUT2D eigenvalue weighted by Gasteiger charge is 2.50. The molecule has 1 saturated carbocycles. The molecule has 2 fully saturated rings. The highest BCUT2D eigenvalue weighted by atomic mass is 79.9. The van der Waals surface area contributed by atoms with E-state index in [1.165, 1.54) is 12.0 Å². The number of fused-ring (bicyclic) bond motifs is 1. The molecule has 1 saturated heterocycles. The topological polar surface area (TPSA) is 60.2 Å². The first-order valence-corrected chi connectivity index (χ1v) is 7.22. The number of aromatic nitrogens is 1. The van der Waals surface area contributed by atoms with Gasteiger partial charge in [0.2, 0.25) is 0 Å². The lowest BCUT2D eigenvalue weighted by atomic mass is 9.68. The van der Waals surface area contributed by atoms with Gasteiger partial charge in [-0.1, -0.05) is 0 Å². The van der Waals surface area contributed by atoms with E-state index < -0.39 is 0 Å². The van der Waals surface area contributed by atoms with Crippen molar-refractivity contribution in [1.82, 2.24) is 4.98 Å². The summed E-state index contributed by atoms with van der Waals surface area (Å²) in [4.78, 5) is 4.36. The van der Waals surface area contributed by atoms with Gasteiger partial charge in [-0.3, -0.25) is 0 Å². The standard InChI is InChI=1S/C13H18BrN3O/c1-7-4-5-16-13(9(7)14)17-11-10(15)8-3-2-6-18-12(8)11/h4-5,8,10-12H,2-3,6,15H2,1H3,(H,16,17). The molecule has 3 N–H and O–H groups in total. The quantitative estimate of drug-likeness (QED) is 0.878. The molecule has 2 heterocycles. The maximum absolute atomic E-state index is 6.23. The number of anilines is 1. The van der Waals surface area contributed by atoms with Crippen LogP contribution in [-0.2, 0) is 4.74 Å². The fraction of sp³-hybridized carbons (Fsp3) is 0.615. The molecule has 4 nitrogen and oxygen atoms in total. The van der Waals surface area contributed by atoms with Crippen LogP contribution in [0.25, 0.3) is 0 Å². The Morgan fingerprint density at radius 1 is 1.56 bits per heavy atom. The maximum Gasteiger partial charge on any atom is 0.140 e. The minimum absolute atomic E-state index is 0.171. The third kappa shape index (κ3) is 1.94. The van der Waals surface area contributed by atoms with Crippen LogP contribution in [0.3, 0.4) is 0 Å². The predicted octanol–water partition coefficient (Wildman–Crippen LogP) is 2.07. The number of nitrogens with zero attached hydrogens (tertiary/aromatic N) is 1. The first-order valence-electron chi connectivity index (χ1n) is 6.43. The molecule has 1 aliphatic carbocycles. The molecule has 0 aromatic carbocycles. The average Bonchev–Trinajstić information content (AvgIpc) is 2.40. The lowest BCUT2D eigenvalue weighted by Crippen LogP contribution is -2.69. The van der Waals surface area contributed by atoms with Gasteiger partial charge in [-0.15, -0.1) is 0 Å². The Kier molecular flexibility index (Phi) is 3.30. The minimum atomic E-state index is 0.171. The predicted molar refractivity (Wildman–Crippen MR) is 74.5 cm³/mol. The molecule has 0 bridgehead atoms. The van der Waals surface area contributed by atoms with E-state index >= 15 is 0 Å². The Morgan fingerprint density at radius 2 is 2.39 bits per heavy atom. The molecule has 98 valence electrons. The van der Waals surface area contributed by atoms with Crippen LogP contribution in [-0.4, -0.2) is 29.8 Å². The van der Waals surface area contributed by atoms with Gasteiger partial charge in [0.15, 0.2) is 0 Å². The molecule has 0 amide bonds. The number of aryl methyl sites for hydroxylation is 1. The molecule has 3 rings (SSSR count). The lowest BCUT2D eigenvalue weighted by Gasteiger charge is -2.52. The second-order valence-corrected chi connectivity index (χ2v) is 5.97. The summed E-state index contributed by atoms with van der Waals surface area (Å²) in [6.07, 6.45) is 4.38. The monoisotopic (exact) mass is 311 g/mol. The summed E-state index contributed by atoms with van der Waals surface area (Å²) in [5, 5.41) is 3.43. The zero-order valence-corrected chi connectivity index (χ0v) is 12.0. The minimum Gasteiger partial charge on any atom is -0.376 e. The highest BCUT2D eigenvalue weighted by molar-refractivity contribution is 9.10. The molecule has 4 atom stereocenters. The summed E-state index contributed by atoms with van der Waals surface area (Å²) in [7, 11) is 0. The highest BCUT2D eigenvalue weighted by Crippen LogP contribution is 2.39. The van der Waals surface area contributed by atoms with Gasteiger partial charge in [-0.2, -0.15) is 0 Å². The fourth-order valence-corrected chi connectivity index (χ4v) is 3.27. The van der Waals surface area contributed by atoms with Crippen molar-refractivity contribution in [3.8, 4) is 0 Å². The number of nitrogens with one attached hydrogen (secondary N) is 1. The van der Waals surface area contributed by atoms with Gasteiger partial charge < -0.3 is 15.8 Å². The van der Waals surface area contributed by atoms with E-state index in [1.54, 1.807) is 0 Å². The Labute approximate surface area is 115 Å². The molecule has 1 aromatic rings. The molecule has 0 spiro atoms. The molecule has 1 aliphatic heterocycles. The Bertz CT molecular complexity index is 454. The van der Waals surface area contributed by atoms with Crippen molar-refractivity contribution in [3.63, 3.8) is 0 Å². The number of rotatable bonds is 2. The van der Waals surface area contributed by atoms with Crippen molar-refractivity contribution in [1.29, 1.82) is 0 Å². The van der Waals surface area contributed by atoms with Crippen LogP contribution in [0.5, 0.6) is 0 Å². The van der Waals surface area contributed by atoms with E-state index in [1.807, 2.05) is 12.3 Å². The van der Waals surface area contributed by atoms with Crippen molar-refractivity contribution in [2.24, 2.45) is 11.7 Å². The van der Waals surface area contributed by atoms with Crippen molar-refractivity contribution in [2.45, 2.75) is 38.0 Å². The van der Waals surface area contributed by atoms with Crippen molar-refractivity contribution in [2.75, 3.05) is 11.9 Å². The number of ether oxygens (including phenoxy) is 1. The van der Waals surface area contributed by atoms with Gasteiger partial charge in [0.1, 0.15) is 5.82 Å². The summed E-state index contributed by atoms with van der Waals surface area (Å²) < 4.78 is 6.83. The Morgan fingerprint density at radius 3 is 3.22 bits per heavy atom. The van der Waals surface area contributed by atoms with Crippen LogP contribution < -0.4 is 11.1 Å². The van der Waals surface area contributed by atoms with E-state index in [9.17, 15) is 0 Å². The molecule has 5 heteroatoms. The normalized spacial score (nSPS) is 34.6. The molecule has 18 heavy (non-hydrogen) atoms. The van der Waals surface area contributed by atoms with Gasteiger partial charge >= 0.3 is 0 Å². The number of halogens is 1. The third-order valence-corrected chi connectivity index (χ3v) is 5.06. The fourth-order valence-electron chi connectivity index (χ4n) is 2.92. The van der Waals surface area contributed by atoms with Crippen LogP contribution in [0, 0.1) is 12.8 Å². The number of hydrogen-bond acceptors (Lipinski definition) is 4. The van der Waals surface area contributed by atoms with E-state index in [2.05, 4.69) is 33.2 Å². The Balaban J connectivity index is 1.75. The van der Waals surface area contributed by atoms with E-state index in [0.717, 1.165) is 23.3 Å². The van der Waals surface area contributed by atoms with Gasteiger partial charge in [0.25, 0.3) is 0 Å². The molecular weight excluding hydrogens is 294 g/mol. The second kappa shape index (κ2) is 4.79. The summed E-state index contributed by atoms with van der Waals surface area (Å²) >= 11 is 3.56. The second-order valence-electron chi connectivity index (χ2n) is 5.18. The van der Waals surface area contributed by atoms with Crippen molar-refractivity contribution in [3.05, 3.63) is 22.3 Å². The largest absolute Gasteiger partial charge is 0.376 e. The van der Waals surface area contributed by atoms with Crippen LogP contribution in [0.1, 0.15) is 18.4 Å². The van der Waals surface area contributed by atoms with Crippen LogP contribution in [0.4, 0.5) is 5.82 Å². The van der Waals surface area contributed by atoms with Crippen molar-refractivity contribution < 1.29 is 4.74 Å². The summed E-state index contributed by atoms with van der Waals surface area (Å²) in [5.74, 6) is 1.38. The molecular formula is C13H18BrN3O. The zero-order chi connectivity index (χ0) is 12.7. The molecule has 4 unspecified atom stereocenters. The van der Waals surface area contributed by atoms with Crippen LogP contribution >= 0.6 is 15.9 Å². The first-order chi connectivity index (χ1) is 8.68. The van der Waals surface area contributed by atoms with Gasteiger partial charge in [-0.25, -0.2) is 4.98 Å². The maximum atomic E-state index is 6.23. The number of hydrogen-bond donors (Lipinski definition) is 2. The number of nitrogens with two attached hydrogens (primary N) is 1. The van der Waals surface area contributed by atoms with Crippen molar-refractivity contribution >= 4 is 21.7 Å². The Hall–Kier alpha value is -0.650. The van der Waals surface area contributed by atoms with E-state index in [4.69, 9.17) is 10.5 Å². The molecule has 1 aromatic heterocycles. The van der Waals surface area contributed by atoms with E-state index in [-0.39, 0.29) is 18.2 Å². The summed E-state index contributed by atoms with van der Waals surface area (Å²) in [5.41, 5.74) is 7.40. The zero-order valence-electron chi connectivity index (χ0n) is 10.4. The van der Waals surface area contributed by atoms with Gasteiger partial charge in [0, 0.05) is 24.8 Å².